The summed E-state index contributed by atoms with van der Waals surface area (Å²) >= 11 is 3.45. The normalized spacial score (nSPS) is 10.5. The molecule has 1 rings (SSSR count). The van der Waals surface area contributed by atoms with Crippen LogP contribution in [0.3, 0.4) is 0 Å². The van der Waals surface area contributed by atoms with E-state index in [9.17, 15) is 0 Å². The van der Waals surface area contributed by atoms with Crippen molar-refractivity contribution >= 4 is 15.9 Å². The van der Waals surface area contributed by atoms with E-state index >= 15 is 0 Å². The Hall–Kier alpha value is -0.580. The molecule has 0 fully saturated rings. The summed E-state index contributed by atoms with van der Waals surface area (Å²) in [5.41, 5.74) is 6.71. The van der Waals surface area contributed by atoms with Crippen molar-refractivity contribution in [2.24, 2.45) is 5.73 Å². The third-order valence-electron chi connectivity index (χ3n) is 2.27. The van der Waals surface area contributed by atoms with Gasteiger partial charge in [-0.3, -0.25) is 0 Å². The predicted molar refractivity (Wildman–Crippen MR) is 73.5 cm³/mol. The summed E-state index contributed by atoms with van der Waals surface area (Å²) in [5, 5.41) is 0. The molecule has 2 N–H and O–H groups in total. The molecule has 0 atom stereocenters. The lowest BCUT2D eigenvalue weighted by Gasteiger charge is -2.11. The van der Waals surface area contributed by atoms with Gasteiger partial charge in [-0.2, -0.15) is 0 Å². The molecule has 17 heavy (non-hydrogen) atoms. The Morgan fingerprint density at radius 3 is 2.76 bits per heavy atom. The van der Waals surface area contributed by atoms with Crippen LogP contribution in [-0.4, -0.2) is 26.4 Å². The SMILES string of the molecule is CCCOCCOc1ccc(Br)cc1CCN. The highest BCUT2D eigenvalue weighted by atomic mass is 79.9. The van der Waals surface area contributed by atoms with Crippen LogP contribution in [0, 0.1) is 0 Å². The number of hydrogen-bond acceptors (Lipinski definition) is 3. The topological polar surface area (TPSA) is 44.5 Å². The smallest absolute Gasteiger partial charge is 0.122 e. The molecule has 0 spiro atoms. The van der Waals surface area contributed by atoms with Crippen LogP contribution in [0.15, 0.2) is 22.7 Å². The Kier molecular flexibility index (Phi) is 7.24. The van der Waals surface area contributed by atoms with E-state index in [-0.39, 0.29) is 0 Å². The highest BCUT2D eigenvalue weighted by Gasteiger charge is 2.03. The van der Waals surface area contributed by atoms with Gasteiger partial charge in [-0.15, -0.1) is 0 Å². The summed E-state index contributed by atoms with van der Waals surface area (Å²) in [6, 6.07) is 5.99. The molecule has 0 aromatic heterocycles. The van der Waals surface area contributed by atoms with E-state index in [0.29, 0.717) is 19.8 Å². The lowest BCUT2D eigenvalue weighted by Crippen LogP contribution is -2.10. The third-order valence-corrected chi connectivity index (χ3v) is 2.76. The number of nitrogens with two attached hydrogens (primary N) is 1. The van der Waals surface area contributed by atoms with Crippen molar-refractivity contribution < 1.29 is 9.47 Å². The van der Waals surface area contributed by atoms with Crippen LogP contribution in [0.25, 0.3) is 0 Å². The maximum atomic E-state index is 5.69. The molecule has 0 aliphatic rings. The van der Waals surface area contributed by atoms with Crippen LogP contribution in [0.5, 0.6) is 5.75 Å². The first-order valence-electron chi connectivity index (χ1n) is 5.97. The van der Waals surface area contributed by atoms with Crippen molar-refractivity contribution in [3.63, 3.8) is 0 Å². The second kappa shape index (κ2) is 8.50. The highest BCUT2D eigenvalue weighted by molar-refractivity contribution is 9.10. The van der Waals surface area contributed by atoms with Gasteiger partial charge >= 0.3 is 0 Å². The first-order valence-corrected chi connectivity index (χ1v) is 6.76. The average molecular weight is 302 g/mol. The second-order valence-electron chi connectivity index (χ2n) is 3.75. The zero-order valence-electron chi connectivity index (χ0n) is 10.2. The van der Waals surface area contributed by atoms with Crippen LogP contribution in [0.2, 0.25) is 0 Å². The number of benzene rings is 1. The minimum absolute atomic E-state index is 0.583. The molecule has 0 amide bonds. The summed E-state index contributed by atoms with van der Waals surface area (Å²) in [4.78, 5) is 0. The summed E-state index contributed by atoms with van der Waals surface area (Å²) in [7, 11) is 0. The van der Waals surface area contributed by atoms with Gasteiger partial charge in [-0.25, -0.2) is 0 Å². The monoisotopic (exact) mass is 301 g/mol. The fourth-order valence-corrected chi connectivity index (χ4v) is 1.91. The van der Waals surface area contributed by atoms with Crippen LogP contribution < -0.4 is 10.5 Å². The molecule has 0 radical (unpaired) electrons. The first kappa shape index (κ1) is 14.5. The van der Waals surface area contributed by atoms with E-state index < -0.39 is 0 Å². The molecule has 4 heteroatoms. The van der Waals surface area contributed by atoms with Gasteiger partial charge in [0.1, 0.15) is 12.4 Å². The maximum absolute atomic E-state index is 5.69. The molecule has 1 aromatic carbocycles. The molecule has 0 aliphatic heterocycles. The van der Waals surface area contributed by atoms with Gasteiger partial charge in [0.15, 0.2) is 0 Å². The van der Waals surface area contributed by atoms with Crippen LogP contribution in [0.4, 0.5) is 0 Å². The van der Waals surface area contributed by atoms with E-state index in [1.54, 1.807) is 0 Å². The van der Waals surface area contributed by atoms with Crippen molar-refractivity contribution in [2.75, 3.05) is 26.4 Å². The summed E-state index contributed by atoms with van der Waals surface area (Å²) in [6.45, 7) is 4.72. The third kappa shape index (κ3) is 5.52. The Balaban J connectivity index is 2.45. The fraction of sp³-hybridized carbons (Fsp3) is 0.538. The fourth-order valence-electron chi connectivity index (χ4n) is 1.50. The quantitative estimate of drug-likeness (QED) is 0.751. The van der Waals surface area contributed by atoms with E-state index in [0.717, 1.165) is 35.2 Å². The van der Waals surface area contributed by atoms with Gasteiger partial charge in [0.2, 0.25) is 0 Å². The molecule has 0 unspecified atom stereocenters. The Bertz CT molecular complexity index is 331. The summed E-state index contributed by atoms with van der Waals surface area (Å²) in [5.74, 6) is 0.902. The molecular weight excluding hydrogens is 282 g/mol. The molecule has 0 saturated carbocycles. The van der Waals surface area contributed by atoms with Crippen molar-refractivity contribution in [3.8, 4) is 5.75 Å². The van der Waals surface area contributed by atoms with Gasteiger partial charge in [-0.05, 0) is 43.1 Å². The lowest BCUT2D eigenvalue weighted by atomic mass is 10.1. The van der Waals surface area contributed by atoms with Gasteiger partial charge in [0.05, 0.1) is 6.61 Å². The van der Waals surface area contributed by atoms with E-state index in [2.05, 4.69) is 28.9 Å². The Labute approximate surface area is 111 Å². The minimum Gasteiger partial charge on any atom is -0.491 e. The van der Waals surface area contributed by atoms with Gasteiger partial charge in [0, 0.05) is 11.1 Å². The van der Waals surface area contributed by atoms with Gasteiger partial charge in [0.25, 0.3) is 0 Å². The van der Waals surface area contributed by atoms with E-state index in [1.807, 2.05) is 12.1 Å². The minimum atomic E-state index is 0.583. The zero-order chi connectivity index (χ0) is 12.5. The van der Waals surface area contributed by atoms with Gasteiger partial charge in [-0.1, -0.05) is 22.9 Å². The zero-order valence-corrected chi connectivity index (χ0v) is 11.8. The molecule has 96 valence electrons. The van der Waals surface area contributed by atoms with E-state index in [4.69, 9.17) is 15.2 Å². The number of hydrogen-bond donors (Lipinski definition) is 1. The Morgan fingerprint density at radius 2 is 2.06 bits per heavy atom. The second-order valence-corrected chi connectivity index (χ2v) is 4.67. The van der Waals surface area contributed by atoms with E-state index in [1.165, 1.54) is 0 Å². The number of rotatable bonds is 8. The summed E-state index contributed by atoms with van der Waals surface area (Å²) in [6.07, 6.45) is 1.86. The number of halogens is 1. The molecule has 0 heterocycles. The molecule has 0 bridgehead atoms. The molecule has 0 aliphatic carbocycles. The summed E-state index contributed by atoms with van der Waals surface area (Å²) < 4.78 is 12.1. The highest BCUT2D eigenvalue weighted by Crippen LogP contribution is 2.23. The van der Waals surface area contributed by atoms with Crippen molar-refractivity contribution in [3.05, 3.63) is 28.2 Å². The van der Waals surface area contributed by atoms with Crippen molar-refractivity contribution in [1.82, 2.24) is 0 Å². The maximum Gasteiger partial charge on any atom is 0.122 e. The molecule has 0 saturated heterocycles. The van der Waals surface area contributed by atoms with Crippen LogP contribution in [-0.2, 0) is 11.2 Å². The van der Waals surface area contributed by atoms with Crippen LogP contribution in [0.1, 0.15) is 18.9 Å². The molecule has 1 aromatic rings. The predicted octanol–water partition coefficient (Wildman–Crippen LogP) is 2.76. The van der Waals surface area contributed by atoms with Crippen LogP contribution >= 0.6 is 15.9 Å². The first-order chi connectivity index (χ1) is 8.27. The Morgan fingerprint density at radius 1 is 1.24 bits per heavy atom. The van der Waals surface area contributed by atoms with Crippen molar-refractivity contribution in [2.45, 2.75) is 19.8 Å². The molecule has 3 nitrogen and oxygen atoms in total. The largest absolute Gasteiger partial charge is 0.491 e. The average Bonchev–Trinajstić information content (AvgIpc) is 2.32. The van der Waals surface area contributed by atoms with Gasteiger partial charge < -0.3 is 15.2 Å². The molecular formula is C13H20BrNO2. The standard InChI is InChI=1S/C13H20BrNO2/c1-2-7-16-8-9-17-13-4-3-12(14)10-11(13)5-6-15/h3-4,10H,2,5-9,15H2,1H3. The lowest BCUT2D eigenvalue weighted by molar-refractivity contribution is 0.100. The number of ether oxygens (including phenoxy) is 2. The van der Waals surface area contributed by atoms with Crippen molar-refractivity contribution in [1.29, 1.82) is 0 Å².